The topological polar surface area (TPSA) is 54.0 Å². The Labute approximate surface area is 122 Å². The summed E-state index contributed by atoms with van der Waals surface area (Å²) in [5.74, 6) is 1.77. The zero-order chi connectivity index (χ0) is 14.7. The zero-order valence-electron chi connectivity index (χ0n) is 11.7. The van der Waals surface area contributed by atoms with E-state index in [2.05, 4.69) is 0 Å². The molecule has 1 atom stereocenters. The summed E-state index contributed by atoms with van der Waals surface area (Å²) in [6.07, 6.45) is 5.39. The van der Waals surface area contributed by atoms with Crippen LogP contribution in [0.2, 0.25) is 0 Å². The van der Waals surface area contributed by atoms with Gasteiger partial charge in [-0.1, -0.05) is 12.1 Å². The van der Waals surface area contributed by atoms with Crippen molar-refractivity contribution in [3.05, 3.63) is 41.7 Å². The normalized spacial score (nSPS) is 20.3. The molecule has 1 aromatic carbocycles. The second kappa shape index (κ2) is 5.91. The number of benzene rings is 1. The van der Waals surface area contributed by atoms with Gasteiger partial charge in [0.1, 0.15) is 11.9 Å². The van der Waals surface area contributed by atoms with Gasteiger partial charge in [0.05, 0.1) is 12.7 Å². The van der Waals surface area contributed by atoms with Crippen LogP contribution in [0, 0.1) is 0 Å². The SMILES string of the molecule is CCOC1=CC(=O)OC(C=Cc2ccc3c(c2)OCO3)C1. The van der Waals surface area contributed by atoms with E-state index in [1.54, 1.807) is 0 Å². The maximum absolute atomic E-state index is 11.5. The summed E-state index contributed by atoms with van der Waals surface area (Å²) in [6, 6.07) is 5.68. The number of carbonyl (C=O) groups excluding carboxylic acids is 1. The van der Waals surface area contributed by atoms with Gasteiger partial charge >= 0.3 is 5.97 Å². The summed E-state index contributed by atoms with van der Waals surface area (Å²) in [7, 11) is 0. The third-order valence-corrected chi connectivity index (χ3v) is 3.18. The maximum atomic E-state index is 11.5. The van der Waals surface area contributed by atoms with Gasteiger partial charge in [-0.3, -0.25) is 0 Å². The van der Waals surface area contributed by atoms with Crippen molar-refractivity contribution < 1.29 is 23.7 Å². The molecular formula is C16H16O5. The molecule has 0 radical (unpaired) electrons. The third kappa shape index (κ3) is 3.18. The molecular weight excluding hydrogens is 272 g/mol. The number of esters is 1. The standard InChI is InChI=1S/C16H16O5/c1-2-18-13-8-12(21-16(17)9-13)5-3-11-4-6-14-15(7-11)20-10-19-14/h3-7,9,12H,2,8,10H2,1H3. The Hall–Kier alpha value is -2.43. The molecule has 0 amide bonds. The van der Waals surface area contributed by atoms with Gasteiger partial charge in [-0.05, 0) is 30.7 Å². The van der Waals surface area contributed by atoms with Crippen LogP contribution in [0.1, 0.15) is 18.9 Å². The molecule has 0 aromatic heterocycles. The van der Waals surface area contributed by atoms with E-state index in [4.69, 9.17) is 18.9 Å². The van der Waals surface area contributed by atoms with E-state index in [0.29, 0.717) is 18.8 Å². The van der Waals surface area contributed by atoms with Gasteiger partial charge in [-0.2, -0.15) is 0 Å². The monoisotopic (exact) mass is 288 g/mol. The van der Waals surface area contributed by atoms with Gasteiger partial charge in [-0.25, -0.2) is 4.79 Å². The Morgan fingerprint density at radius 2 is 2.19 bits per heavy atom. The fraction of sp³-hybridized carbons (Fsp3) is 0.312. The molecule has 2 heterocycles. The van der Waals surface area contributed by atoms with Gasteiger partial charge < -0.3 is 18.9 Å². The highest BCUT2D eigenvalue weighted by atomic mass is 16.7. The van der Waals surface area contributed by atoms with Crippen molar-refractivity contribution in [2.45, 2.75) is 19.4 Å². The molecule has 0 fully saturated rings. The highest BCUT2D eigenvalue weighted by molar-refractivity contribution is 5.83. The van der Waals surface area contributed by atoms with Gasteiger partial charge in [0, 0.05) is 6.42 Å². The molecule has 21 heavy (non-hydrogen) atoms. The fourth-order valence-corrected chi connectivity index (χ4v) is 2.24. The van der Waals surface area contributed by atoms with Crippen LogP contribution in [0.4, 0.5) is 0 Å². The third-order valence-electron chi connectivity index (χ3n) is 3.18. The molecule has 1 unspecified atom stereocenters. The molecule has 2 aliphatic heterocycles. The number of fused-ring (bicyclic) bond motifs is 1. The number of rotatable bonds is 4. The fourth-order valence-electron chi connectivity index (χ4n) is 2.24. The van der Waals surface area contributed by atoms with E-state index in [1.165, 1.54) is 6.08 Å². The second-order valence-corrected chi connectivity index (χ2v) is 4.69. The molecule has 0 bridgehead atoms. The maximum Gasteiger partial charge on any atom is 0.334 e. The smallest absolute Gasteiger partial charge is 0.334 e. The molecule has 0 aliphatic carbocycles. The van der Waals surface area contributed by atoms with Gasteiger partial charge in [-0.15, -0.1) is 0 Å². The molecule has 110 valence electrons. The van der Waals surface area contributed by atoms with Crippen molar-refractivity contribution in [3.63, 3.8) is 0 Å². The predicted molar refractivity (Wildman–Crippen MR) is 75.8 cm³/mol. The predicted octanol–water partition coefficient (Wildman–Crippen LogP) is 2.66. The summed E-state index contributed by atoms with van der Waals surface area (Å²) < 4.78 is 21.2. The quantitative estimate of drug-likeness (QED) is 0.797. The summed E-state index contributed by atoms with van der Waals surface area (Å²) in [6.45, 7) is 2.68. The van der Waals surface area contributed by atoms with Gasteiger partial charge in [0.2, 0.25) is 6.79 Å². The largest absolute Gasteiger partial charge is 0.498 e. The molecule has 0 saturated carbocycles. The molecule has 5 heteroatoms. The first-order valence-corrected chi connectivity index (χ1v) is 6.86. The average Bonchev–Trinajstić information content (AvgIpc) is 2.92. The van der Waals surface area contributed by atoms with Crippen molar-refractivity contribution in [1.29, 1.82) is 0 Å². The Morgan fingerprint density at radius 3 is 3.05 bits per heavy atom. The lowest BCUT2D eigenvalue weighted by Gasteiger charge is -2.20. The van der Waals surface area contributed by atoms with E-state index in [9.17, 15) is 4.79 Å². The lowest BCUT2D eigenvalue weighted by Crippen LogP contribution is -2.21. The minimum Gasteiger partial charge on any atom is -0.498 e. The number of carbonyl (C=O) groups is 1. The van der Waals surface area contributed by atoms with Crippen LogP contribution >= 0.6 is 0 Å². The molecule has 0 saturated heterocycles. The first-order chi connectivity index (χ1) is 10.2. The highest BCUT2D eigenvalue weighted by Crippen LogP contribution is 2.33. The van der Waals surface area contributed by atoms with Crippen molar-refractivity contribution in [2.24, 2.45) is 0 Å². The second-order valence-electron chi connectivity index (χ2n) is 4.69. The average molecular weight is 288 g/mol. The summed E-state index contributed by atoms with van der Waals surface area (Å²) in [4.78, 5) is 11.5. The minimum atomic E-state index is -0.370. The molecule has 3 rings (SSSR count). The Balaban J connectivity index is 1.68. The number of hydrogen-bond acceptors (Lipinski definition) is 5. The number of ether oxygens (including phenoxy) is 4. The number of hydrogen-bond donors (Lipinski definition) is 0. The lowest BCUT2D eigenvalue weighted by molar-refractivity contribution is -0.142. The molecule has 2 aliphatic rings. The van der Waals surface area contributed by atoms with Crippen LogP contribution in [0.3, 0.4) is 0 Å². The molecule has 1 aromatic rings. The van der Waals surface area contributed by atoms with E-state index >= 15 is 0 Å². The summed E-state index contributed by atoms with van der Waals surface area (Å²) in [5, 5.41) is 0. The van der Waals surface area contributed by atoms with Crippen molar-refractivity contribution in [3.8, 4) is 11.5 Å². The Morgan fingerprint density at radius 1 is 1.33 bits per heavy atom. The van der Waals surface area contributed by atoms with Crippen LogP contribution < -0.4 is 9.47 Å². The van der Waals surface area contributed by atoms with Crippen LogP contribution in [0.25, 0.3) is 6.08 Å². The zero-order valence-corrected chi connectivity index (χ0v) is 11.7. The Kier molecular flexibility index (Phi) is 3.81. The van der Waals surface area contributed by atoms with E-state index in [-0.39, 0.29) is 18.9 Å². The lowest BCUT2D eigenvalue weighted by atomic mass is 10.1. The van der Waals surface area contributed by atoms with Crippen molar-refractivity contribution in [2.75, 3.05) is 13.4 Å². The van der Waals surface area contributed by atoms with E-state index < -0.39 is 0 Å². The molecule has 5 nitrogen and oxygen atoms in total. The van der Waals surface area contributed by atoms with Gasteiger partial charge in [0.25, 0.3) is 0 Å². The first-order valence-electron chi connectivity index (χ1n) is 6.86. The molecule has 0 spiro atoms. The van der Waals surface area contributed by atoms with Gasteiger partial charge in [0.15, 0.2) is 11.5 Å². The van der Waals surface area contributed by atoms with Crippen LogP contribution in [-0.2, 0) is 14.3 Å². The van der Waals surface area contributed by atoms with Crippen LogP contribution in [-0.4, -0.2) is 25.5 Å². The number of cyclic esters (lactones) is 1. The van der Waals surface area contributed by atoms with E-state index in [0.717, 1.165) is 17.1 Å². The van der Waals surface area contributed by atoms with Crippen LogP contribution in [0.15, 0.2) is 36.1 Å². The van der Waals surface area contributed by atoms with Crippen molar-refractivity contribution >= 4 is 12.0 Å². The summed E-state index contributed by atoms with van der Waals surface area (Å²) in [5.41, 5.74) is 0.961. The van der Waals surface area contributed by atoms with E-state index in [1.807, 2.05) is 37.3 Å². The molecule has 0 N–H and O–H groups in total. The Bertz CT molecular complexity index is 603. The minimum absolute atomic E-state index is 0.255. The first kappa shape index (κ1) is 13.5. The van der Waals surface area contributed by atoms with Crippen molar-refractivity contribution in [1.82, 2.24) is 0 Å². The van der Waals surface area contributed by atoms with Crippen LogP contribution in [0.5, 0.6) is 11.5 Å². The summed E-state index contributed by atoms with van der Waals surface area (Å²) >= 11 is 0. The highest BCUT2D eigenvalue weighted by Gasteiger charge is 2.20.